The Bertz CT molecular complexity index is 453. The predicted molar refractivity (Wildman–Crippen MR) is 46.4 cm³/mol. The van der Waals surface area contributed by atoms with Crippen LogP contribution in [0.15, 0.2) is 41.0 Å². The Labute approximate surface area is 73.3 Å². The fraction of sp³-hybridized carbons (Fsp3) is 0. The van der Waals surface area contributed by atoms with Crippen LogP contribution in [0.4, 0.5) is 8.78 Å². The van der Waals surface area contributed by atoms with Crippen molar-refractivity contribution in [2.75, 3.05) is 0 Å². The van der Waals surface area contributed by atoms with E-state index in [4.69, 9.17) is 4.42 Å². The number of hydrogen-bond acceptors (Lipinski definition) is 1. The van der Waals surface area contributed by atoms with Crippen LogP contribution in [0, 0.1) is 0 Å². The first-order valence-electron chi connectivity index (χ1n) is 3.76. The molecule has 3 heteroatoms. The van der Waals surface area contributed by atoms with E-state index in [2.05, 4.69) is 0 Å². The number of furan rings is 1. The highest BCUT2D eigenvalue weighted by atomic mass is 19.3. The smallest absolute Gasteiger partial charge is 0.270 e. The van der Waals surface area contributed by atoms with Crippen LogP contribution in [-0.4, -0.2) is 0 Å². The molecule has 0 saturated heterocycles. The van der Waals surface area contributed by atoms with E-state index in [1.165, 1.54) is 6.26 Å². The molecule has 0 radical (unpaired) electrons. The van der Waals surface area contributed by atoms with Gasteiger partial charge in [0.2, 0.25) is 0 Å². The molecule has 0 aliphatic heterocycles. The zero-order chi connectivity index (χ0) is 9.26. The minimum absolute atomic E-state index is 0.478. The molecule has 0 N–H and O–H groups in total. The molecule has 0 saturated carbocycles. The number of halogens is 2. The van der Waals surface area contributed by atoms with E-state index < -0.39 is 6.08 Å². The van der Waals surface area contributed by atoms with Gasteiger partial charge in [-0.2, -0.15) is 8.78 Å². The predicted octanol–water partition coefficient (Wildman–Crippen LogP) is 3.67. The SMILES string of the molecule is FC(F)=Cc1cccc2occc12. The summed E-state index contributed by atoms with van der Waals surface area (Å²) in [5.74, 6) is 0. The van der Waals surface area contributed by atoms with Crippen molar-refractivity contribution in [2.24, 2.45) is 0 Å². The third kappa shape index (κ3) is 1.45. The molecule has 0 aliphatic carbocycles. The second-order valence-corrected chi connectivity index (χ2v) is 2.61. The molecule has 0 bridgehead atoms. The van der Waals surface area contributed by atoms with Gasteiger partial charge in [0, 0.05) is 11.5 Å². The molecule has 2 aromatic rings. The van der Waals surface area contributed by atoms with E-state index in [0.717, 1.165) is 6.08 Å². The standard InChI is InChI=1S/C10H6F2O/c11-10(12)6-7-2-1-3-9-8(7)4-5-13-9/h1-6H. The van der Waals surface area contributed by atoms with Crippen molar-refractivity contribution in [3.05, 3.63) is 42.2 Å². The summed E-state index contributed by atoms with van der Waals surface area (Å²) in [5, 5.41) is 0.704. The van der Waals surface area contributed by atoms with Gasteiger partial charge < -0.3 is 4.42 Å². The molecule has 13 heavy (non-hydrogen) atoms. The highest BCUT2D eigenvalue weighted by Crippen LogP contribution is 2.22. The van der Waals surface area contributed by atoms with Crippen LogP contribution in [0.25, 0.3) is 17.0 Å². The number of benzene rings is 1. The van der Waals surface area contributed by atoms with E-state index in [-0.39, 0.29) is 0 Å². The van der Waals surface area contributed by atoms with Crippen LogP contribution in [0.1, 0.15) is 5.56 Å². The van der Waals surface area contributed by atoms with Crippen LogP contribution in [0.5, 0.6) is 0 Å². The van der Waals surface area contributed by atoms with Gasteiger partial charge in [0.25, 0.3) is 6.08 Å². The first-order valence-corrected chi connectivity index (χ1v) is 3.76. The van der Waals surface area contributed by atoms with Gasteiger partial charge in [-0.3, -0.25) is 0 Å². The van der Waals surface area contributed by atoms with Gasteiger partial charge in [0.15, 0.2) is 0 Å². The van der Waals surface area contributed by atoms with Gasteiger partial charge in [0.1, 0.15) is 5.58 Å². The van der Waals surface area contributed by atoms with Gasteiger partial charge in [-0.05, 0) is 17.7 Å². The molecular weight excluding hydrogens is 174 g/mol. The fourth-order valence-corrected chi connectivity index (χ4v) is 1.26. The van der Waals surface area contributed by atoms with Gasteiger partial charge in [0.05, 0.1) is 6.26 Å². The number of rotatable bonds is 1. The highest BCUT2D eigenvalue weighted by Gasteiger charge is 2.01. The average Bonchev–Trinajstić information content (AvgIpc) is 2.51. The lowest BCUT2D eigenvalue weighted by Gasteiger charge is -1.93. The number of hydrogen-bond donors (Lipinski definition) is 0. The van der Waals surface area contributed by atoms with Crippen LogP contribution < -0.4 is 0 Å². The van der Waals surface area contributed by atoms with Gasteiger partial charge in [-0.15, -0.1) is 0 Å². The zero-order valence-electron chi connectivity index (χ0n) is 6.63. The summed E-state index contributed by atoms with van der Waals surface area (Å²) in [6.07, 6.45) is 0.615. The van der Waals surface area contributed by atoms with Gasteiger partial charge in [-0.25, -0.2) is 0 Å². The van der Waals surface area contributed by atoms with Gasteiger partial charge in [-0.1, -0.05) is 12.1 Å². The summed E-state index contributed by atoms with van der Waals surface area (Å²) in [6.45, 7) is 0. The Balaban J connectivity index is 2.68. The zero-order valence-corrected chi connectivity index (χ0v) is 6.63. The minimum Gasteiger partial charge on any atom is -0.464 e. The van der Waals surface area contributed by atoms with E-state index in [0.29, 0.717) is 16.5 Å². The maximum Gasteiger partial charge on any atom is 0.270 e. The van der Waals surface area contributed by atoms with Gasteiger partial charge >= 0.3 is 0 Å². The molecular formula is C10H6F2O. The summed E-state index contributed by atoms with van der Waals surface area (Å²) in [5.41, 5.74) is 1.10. The van der Waals surface area contributed by atoms with E-state index >= 15 is 0 Å². The molecule has 0 fully saturated rings. The maximum atomic E-state index is 12.0. The summed E-state index contributed by atoms with van der Waals surface area (Å²) in [6, 6.07) is 6.71. The Hall–Kier alpha value is -1.64. The largest absolute Gasteiger partial charge is 0.464 e. The lowest BCUT2D eigenvalue weighted by molar-refractivity contribution is 0.429. The number of fused-ring (bicyclic) bond motifs is 1. The minimum atomic E-state index is -1.70. The van der Waals surface area contributed by atoms with Crippen molar-refractivity contribution in [1.29, 1.82) is 0 Å². The van der Waals surface area contributed by atoms with Crippen molar-refractivity contribution in [1.82, 2.24) is 0 Å². The molecule has 0 amide bonds. The van der Waals surface area contributed by atoms with Crippen molar-refractivity contribution < 1.29 is 13.2 Å². The summed E-state index contributed by atoms with van der Waals surface area (Å²) < 4.78 is 29.0. The highest BCUT2D eigenvalue weighted by molar-refractivity contribution is 5.86. The molecule has 0 aliphatic rings. The quantitative estimate of drug-likeness (QED) is 0.652. The fourth-order valence-electron chi connectivity index (χ4n) is 1.26. The molecule has 1 aromatic heterocycles. The molecule has 66 valence electrons. The Morgan fingerprint density at radius 3 is 2.85 bits per heavy atom. The molecule has 0 atom stereocenters. The van der Waals surface area contributed by atoms with E-state index in [1.807, 2.05) is 0 Å². The third-order valence-electron chi connectivity index (χ3n) is 1.79. The summed E-state index contributed by atoms with van der Waals surface area (Å²) in [7, 11) is 0. The molecule has 1 nitrogen and oxygen atoms in total. The first kappa shape index (κ1) is 7.98. The molecule has 1 aromatic carbocycles. The normalized spacial score (nSPS) is 10.3. The van der Waals surface area contributed by atoms with Crippen molar-refractivity contribution in [2.45, 2.75) is 0 Å². The summed E-state index contributed by atoms with van der Waals surface area (Å²) >= 11 is 0. The molecule has 0 spiro atoms. The Morgan fingerprint density at radius 2 is 2.08 bits per heavy atom. The topological polar surface area (TPSA) is 13.1 Å². The molecule has 2 rings (SSSR count). The third-order valence-corrected chi connectivity index (χ3v) is 1.79. The van der Waals surface area contributed by atoms with E-state index in [1.54, 1.807) is 24.3 Å². The van der Waals surface area contributed by atoms with Crippen LogP contribution in [-0.2, 0) is 0 Å². The van der Waals surface area contributed by atoms with Crippen molar-refractivity contribution >= 4 is 17.0 Å². The second-order valence-electron chi connectivity index (χ2n) is 2.61. The van der Waals surface area contributed by atoms with Crippen molar-refractivity contribution in [3.8, 4) is 0 Å². The monoisotopic (exact) mass is 180 g/mol. The van der Waals surface area contributed by atoms with E-state index in [9.17, 15) is 8.78 Å². The Kier molecular flexibility index (Phi) is 1.85. The molecule has 1 heterocycles. The van der Waals surface area contributed by atoms with Crippen molar-refractivity contribution in [3.63, 3.8) is 0 Å². The summed E-state index contributed by atoms with van der Waals surface area (Å²) in [4.78, 5) is 0. The Morgan fingerprint density at radius 1 is 1.23 bits per heavy atom. The second kappa shape index (κ2) is 3.01. The molecule has 0 unspecified atom stereocenters. The van der Waals surface area contributed by atoms with Crippen LogP contribution in [0.2, 0.25) is 0 Å². The lowest BCUT2D eigenvalue weighted by atomic mass is 10.1. The first-order chi connectivity index (χ1) is 6.27. The average molecular weight is 180 g/mol. The lowest BCUT2D eigenvalue weighted by Crippen LogP contribution is -1.73. The van der Waals surface area contributed by atoms with Crippen LogP contribution >= 0.6 is 0 Å². The maximum absolute atomic E-state index is 12.0. The van der Waals surface area contributed by atoms with Crippen LogP contribution in [0.3, 0.4) is 0 Å².